The molecule has 5 rings (SSSR count). The second-order valence-electron chi connectivity index (χ2n) is 6.93. The number of carbonyl (C=O) groups excluding carboxylic acids is 2. The molecule has 2 aromatic heterocycles. The Morgan fingerprint density at radius 3 is 2.89 bits per heavy atom. The number of hydrogen-bond donors (Lipinski definition) is 3. The molecule has 1 unspecified atom stereocenters. The maximum absolute atomic E-state index is 12.9. The molecule has 3 amide bonds. The van der Waals surface area contributed by atoms with Crippen LogP contribution >= 0.6 is 11.3 Å². The normalized spacial score (nSPS) is 18.8. The highest BCUT2D eigenvalue weighted by molar-refractivity contribution is 7.21. The van der Waals surface area contributed by atoms with Gasteiger partial charge in [0.15, 0.2) is 0 Å². The number of thiophene rings is 1. The number of pyridine rings is 1. The standard InChI is InChI=1S/C20H19N5O2S/c26-18(23-12-5-4-9-21-11-12)17-16-15-14(8-10-22-19(15)28-17)25(20(27)24-16)13-6-2-1-3-7-13/h1-3,6-8,10,12,21H,4-5,9,11H2,(H,23,26)(H,24,27). The van der Waals surface area contributed by atoms with Crippen molar-refractivity contribution in [1.82, 2.24) is 15.6 Å². The largest absolute Gasteiger partial charge is 0.347 e. The van der Waals surface area contributed by atoms with Crippen molar-refractivity contribution < 1.29 is 9.59 Å². The van der Waals surface area contributed by atoms with Crippen LogP contribution in [-0.4, -0.2) is 36.1 Å². The first-order valence-electron chi connectivity index (χ1n) is 9.31. The summed E-state index contributed by atoms with van der Waals surface area (Å²) in [5.41, 5.74) is 2.06. The SMILES string of the molecule is O=C(NC1CCCNC1)c1sc2nccc3c2c1NC(=O)N3c1ccccc1. The fraction of sp³-hybridized carbons (Fsp3) is 0.250. The predicted molar refractivity (Wildman–Crippen MR) is 111 cm³/mol. The lowest BCUT2D eigenvalue weighted by Gasteiger charge is -2.28. The van der Waals surface area contributed by atoms with Gasteiger partial charge in [-0.05, 0) is 37.6 Å². The van der Waals surface area contributed by atoms with E-state index in [1.165, 1.54) is 11.3 Å². The molecule has 0 radical (unpaired) electrons. The van der Waals surface area contributed by atoms with E-state index >= 15 is 0 Å². The molecule has 1 atom stereocenters. The zero-order chi connectivity index (χ0) is 19.1. The fourth-order valence-corrected chi connectivity index (χ4v) is 4.83. The molecule has 0 saturated carbocycles. The number of urea groups is 1. The Labute approximate surface area is 165 Å². The highest BCUT2D eigenvalue weighted by atomic mass is 32.1. The molecule has 3 aromatic rings. The van der Waals surface area contributed by atoms with Gasteiger partial charge in [0, 0.05) is 18.8 Å². The van der Waals surface area contributed by atoms with Crippen LogP contribution in [0.15, 0.2) is 42.6 Å². The van der Waals surface area contributed by atoms with Crippen LogP contribution in [0.4, 0.5) is 21.9 Å². The summed E-state index contributed by atoms with van der Waals surface area (Å²) in [6.45, 7) is 1.75. The Hall–Kier alpha value is -2.97. The number of nitrogens with zero attached hydrogens (tertiary/aromatic N) is 2. The minimum Gasteiger partial charge on any atom is -0.347 e. The van der Waals surface area contributed by atoms with Gasteiger partial charge in [-0.2, -0.15) is 0 Å². The van der Waals surface area contributed by atoms with Crippen molar-refractivity contribution in [2.24, 2.45) is 0 Å². The number of hydrogen-bond acceptors (Lipinski definition) is 5. The lowest BCUT2D eigenvalue weighted by atomic mass is 10.1. The van der Waals surface area contributed by atoms with E-state index < -0.39 is 0 Å². The number of piperidine rings is 1. The summed E-state index contributed by atoms with van der Waals surface area (Å²) in [6.07, 6.45) is 3.68. The second kappa shape index (κ2) is 6.88. The molecular formula is C20H19N5O2S. The summed E-state index contributed by atoms with van der Waals surface area (Å²) >= 11 is 1.31. The van der Waals surface area contributed by atoms with Crippen LogP contribution in [0.25, 0.3) is 10.2 Å². The average molecular weight is 393 g/mol. The number of rotatable bonds is 3. The van der Waals surface area contributed by atoms with Gasteiger partial charge in [-0.15, -0.1) is 11.3 Å². The molecule has 1 fully saturated rings. The van der Waals surface area contributed by atoms with Crippen LogP contribution < -0.4 is 20.9 Å². The monoisotopic (exact) mass is 393 g/mol. The van der Waals surface area contributed by atoms with E-state index in [9.17, 15) is 9.59 Å². The third-order valence-electron chi connectivity index (χ3n) is 5.10. The molecule has 0 spiro atoms. The van der Waals surface area contributed by atoms with Crippen LogP contribution in [0, 0.1) is 0 Å². The third kappa shape index (κ3) is 2.81. The maximum Gasteiger partial charge on any atom is 0.331 e. The van der Waals surface area contributed by atoms with Crippen molar-refractivity contribution >= 4 is 50.6 Å². The minimum absolute atomic E-state index is 0.103. The van der Waals surface area contributed by atoms with Crippen molar-refractivity contribution in [3.8, 4) is 0 Å². The zero-order valence-electron chi connectivity index (χ0n) is 15.1. The number of aromatic nitrogens is 1. The molecule has 7 nitrogen and oxygen atoms in total. The number of para-hydroxylation sites is 1. The van der Waals surface area contributed by atoms with E-state index in [1.807, 2.05) is 36.4 Å². The quantitative estimate of drug-likeness (QED) is 0.636. The van der Waals surface area contributed by atoms with Gasteiger partial charge >= 0.3 is 6.03 Å². The van der Waals surface area contributed by atoms with E-state index in [0.29, 0.717) is 10.6 Å². The summed E-state index contributed by atoms with van der Waals surface area (Å²) in [4.78, 5) is 33.1. The van der Waals surface area contributed by atoms with Crippen LogP contribution in [0.2, 0.25) is 0 Å². The molecule has 0 bridgehead atoms. The lowest BCUT2D eigenvalue weighted by Crippen LogP contribution is -2.45. The van der Waals surface area contributed by atoms with E-state index in [4.69, 9.17) is 0 Å². The Morgan fingerprint density at radius 2 is 2.11 bits per heavy atom. The second-order valence-corrected chi connectivity index (χ2v) is 7.93. The summed E-state index contributed by atoms with van der Waals surface area (Å²) in [7, 11) is 0. The third-order valence-corrected chi connectivity index (χ3v) is 6.20. The van der Waals surface area contributed by atoms with Gasteiger partial charge in [0.05, 0.1) is 22.4 Å². The van der Waals surface area contributed by atoms with Gasteiger partial charge in [0.25, 0.3) is 5.91 Å². The van der Waals surface area contributed by atoms with Crippen molar-refractivity contribution in [1.29, 1.82) is 0 Å². The van der Waals surface area contributed by atoms with E-state index in [1.54, 1.807) is 11.1 Å². The molecule has 3 N–H and O–H groups in total. The van der Waals surface area contributed by atoms with Gasteiger partial charge in [0.2, 0.25) is 0 Å². The molecule has 0 aliphatic carbocycles. The number of benzene rings is 1. The van der Waals surface area contributed by atoms with Gasteiger partial charge < -0.3 is 16.0 Å². The molecule has 8 heteroatoms. The van der Waals surface area contributed by atoms with Crippen LogP contribution in [-0.2, 0) is 0 Å². The van der Waals surface area contributed by atoms with E-state index in [2.05, 4.69) is 20.9 Å². The molecule has 2 aliphatic heterocycles. The van der Waals surface area contributed by atoms with Crippen molar-refractivity contribution in [2.75, 3.05) is 23.3 Å². The van der Waals surface area contributed by atoms with E-state index in [-0.39, 0.29) is 18.0 Å². The summed E-state index contributed by atoms with van der Waals surface area (Å²) in [5.74, 6) is -0.161. The van der Waals surface area contributed by atoms with Gasteiger partial charge in [-0.25, -0.2) is 9.78 Å². The van der Waals surface area contributed by atoms with Gasteiger partial charge in [-0.3, -0.25) is 9.69 Å². The molecule has 2 aliphatic rings. The number of anilines is 3. The average Bonchev–Trinajstić information content (AvgIpc) is 3.09. The lowest BCUT2D eigenvalue weighted by molar-refractivity contribution is 0.0935. The van der Waals surface area contributed by atoms with Gasteiger partial charge in [0.1, 0.15) is 9.71 Å². The first kappa shape index (κ1) is 17.2. The Morgan fingerprint density at radius 1 is 1.25 bits per heavy atom. The summed E-state index contributed by atoms with van der Waals surface area (Å²) < 4.78 is 0. The highest BCUT2D eigenvalue weighted by Gasteiger charge is 2.33. The predicted octanol–water partition coefficient (Wildman–Crippen LogP) is 3.46. The van der Waals surface area contributed by atoms with Crippen LogP contribution in [0.5, 0.6) is 0 Å². The first-order valence-corrected chi connectivity index (χ1v) is 10.1. The highest BCUT2D eigenvalue weighted by Crippen LogP contribution is 2.45. The molecule has 142 valence electrons. The smallest absolute Gasteiger partial charge is 0.331 e. The Balaban J connectivity index is 1.57. The van der Waals surface area contributed by atoms with Gasteiger partial charge in [-0.1, -0.05) is 18.2 Å². The van der Waals surface area contributed by atoms with E-state index in [0.717, 1.165) is 47.5 Å². The molecule has 4 heterocycles. The van der Waals surface area contributed by atoms with Crippen LogP contribution in [0.1, 0.15) is 22.5 Å². The van der Waals surface area contributed by atoms with Crippen molar-refractivity contribution in [3.05, 3.63) is 47.5 Å². The molecule has 28 heavy (non-hydrogen) atoms. The Bertz CT molecular complexity index is 1060. The summed E-state index contributed by atoms with van der Waals surface area (Å²) in [6, 6.07) is 11.1. The molecular weight excluding hydrogens is 374 g/mol. The molecule has 1 aromatic carbocycles. The topological polar surface area (TPSA) is 86.4 Å². The molecule has 1 saturated heterocycles. The van der Waals surface area contributed by atoms with Crippen LogP contribution in [0.3, 0.4) is 0 Å². The van der Waals surface area contributed by atoms with Crippen molar-refractivity contribution in [3.63, 3.8) is 0 Å². The first-order chi connectivity index (χ1) is 13.7. The number of amides is 3. The summed E-state index contributed by atoms with van der Waals surface area (Å²) in [5, 5.41) is 10.1. The fourth-order valence-electron chi connectivity index (χ4n) is 3.80. The number of carbonyl (C=O) groups is 2. The number of nitrogens with one attached hydrogen (secondary N) is 3. The maximum atomic E-state index is 12.9. The minimum atomic E-state index is -0.280. The van der Waals surface area contributed by atoms with Crippen molar-refractivity contribution in [2.45, 2.75) is 18.9 Å². The Kier molecular flexibility index (Phi) is 4.22. The zero-order valence-corrected chi connectivity index (χ0v) is 15.9.